The van der Waals surface area contributed by atoms with Gasteiger partial charge in [-0.25, -0.2) is 0 Å². The van der Waals surface area contributed by atoms with Crippen LogP contribution in [0.15, 0.2) is 200 Å². The van der Waals surface area contributed by atoms with E-state index in [2.05, 4.69) is 72.8 Å². The maximum Gasteiger partial charge on any atom is 0.0645 e. The maximum absolute atomic E-state index is 9.27. The van der Waals surface area contributed by atoms with Crippen LogP contribution in [0.3, 0.4) is 0 Å². The zero-order valence-electron chi connectivity index (χ0n) is 29.7. The van der Waals surface area contributed by atoms with Crippen LogP contribution < -0.4 is 4.90 Å². The summed E-state index contributed by atoms with van der Waals surface area (Å²) < 4.78 is 36.8. The molecule has 1 nitrogen and oxygen atoms in total. The molecule has 0 amide bonds. The minimum atomic E-state index is -0.105. The van der Waals surface area contributed by atoms with Crippen molar-refractivity contribution in [3.8, 4) is 44.5 Å². The van der Waals surface area contributed by atoms with Crippen LogP contribution in [-0.4, -0.2) is 0 Å². The van der Waals surface area contributed by atoms with Crippen LogP contribution in [0.1, 0.15) is 5.48 Å². The molecule has 0 atom stereocenters. The lowest BCUT2D eigenvalue weighted by molar-refractivity contribution is 1.28. The Morgan fingerprint density at radius 2 is 0.809 bits per heavy atom. The highest BCUT2D eigenvalue weighted by Crippen LogP contribution is 2.41. The van der Waals surface area contributed by atoms with E-state index in [1.807, 2.05) is 108 Å². The molecule has 0 aliphatic rings. The monoisotopic (exact) mass is 603 g/mol. The van der Waals surface area contributed by atoms with Gasteiger partial charge in [-0.15, -0.1) is 0 Å². The van der Waals surface area contributed by atoms with Crippen molar-refractivity contribution in [1.29, 1.82) is 0 Å². The fourth-order valence-electron chi connectivity index (χ4n) is 6.22. The van der Waals surface area contributed by atoms with Gasteiger partial charge in [-0.1, -0.05) is 164 Å². The summed E-state index contributed by atoms with van der Waals surface area (Å²) in [5, 5.41) is 2.35. The van der Waals surface area contributed by atoms with Gasteiger partial charge in [-0.3, -0.25) is 0 Å². The number of fused-ring (bicyclic) bond motifs is 1. The Balaban J connectivity index is 1.23. The number of hydrogen-bond acceptors (Lipinski definition) is 1. The summed E-state index contributed by atoms with van der Waals surface area (Å²) in [6.07, 6.45) is 0. The SMILES string of the molecule is [2H]c1c([2H])c(N(c2ccccc2)c2ccc(-c3ccc4ccccc4c3-c3ccccc3)cc2)c([2H])c([2H])c1-c1ccc(-c2ccccc2)cc1. The predicted octanol–water partition coefficient (Wildman–Crippen LogP) is 13.0. The Hall–Kier alpha value is -6.18. The normalized spacial score (nSPS) is 12.2. The molecule has 222 valence electrons. The molecule has 0 bridgehead atoms. The summed E-state index contributed by atoms with van der Waals surface area (Å²) in [4.78, 5) is 1.82. The number of para-hydroxylation sites is 1. The fraction of sp³-hybridized carbons (Fsp3) is 0. The molecule has 8 rings (SSSR count). The molecule has 0 spiro atoms. The Kier molecular flexibility index (Phi) is 6.50. The number of benzene rings is 8. The minimum Gasteiger partial charge on any atom is -0.311 e. The Morgan fingerprint density at radius 3 is 1.47 bits per heavy atom. The van der Waals surface area contributed by atoms with Crippen LogP contribution in [0.4, 0.5) is 17.1 Å². The summed E-state index contributed by atoms with van der Waals surface area (Å²) in [5.41, 5.74) is 9.10. The molecular weight excluding hydrogens is 567 g/mol. The topological polar surface area (TPSA) is 3.24 Å². The van der Waals surface area contributed by atoms with Gasteiger partial charge < -0.3 is 4.90 Å². The summed E-state index contributed by atoms with van der Waals surface area (Å²) in [6, 6.07) is 58.2. The number of nitrogens with zero attached hydrogens (tertiary/aromatic N) is 1. The number of hydrogen-bond donors (Lipinski definition) is 0. The van der Waals surface area contributed by atoms with E-state index in [9.17, 15) is 2.74 Å². The number of anilines is 3. The Labute approximate surface area is 282 Å². The van der Waals surface area contributed by atoms with Gasteiger partial charge in [0.2, 0.25) is 0 Å². The van der Waals surface area contributed by atoms with E-state index in [-0.39, 0.29) is 35.4 Å². The molecule has 0 aliphatic heterocycles. The maximum atomic E-state index is 9.27. The van der Waals surface area contributed by atoms with E-state index < -0.39 is 0 Å². The zero-order chi connectivity index (χ0) is 34.9. The summed E-state index contributed by atoms with van der Waals surface area (Å²) in [5.74, 6) is 0. The van der Waals surface area contributed by atoms with Crippen LogP contribution in [0.2, 0.25) is 0 Å². The summed E-state index contributed by atoms with van der Waals surface area (Å²) in [7, 11) is 0. The van der Waals surface area contributed by atoms with Gasteiger partial charge in [0.15, 0.2) is 0 Å². The second-order valence-corrected chi connectivity index (χ2v) is 11.5. The van der Waals surface area contributed by atoms with Gasteiger partial charge in [-0.2, -0.15) is 0 Å². The van der Waals surface area contributed by atoms with Gasteiger partial charge in [0, 0.05) is 17.1 Å². The van der Waals surface area contributed by atoms with Crippen molar-refractivity contribution in [2.45, 2.75) is 0 Å². The molecule has 0 unspecified atom stereocenters. The molecule has 8 aromatic rings. The average Bonchev–Trinajstić information content (AvgIpc) is 3.20. The highest BCUT2D eigenvalue weighted by molar-refractivity contribution is 6.04. The lowest BCUT2D eigenvalue weighted by Crippen LogP contribution is -2.09. The first kappa shape index (κ1) is 24.1. The first-order valence-electron chi connectivity index (χ1n) is 17.8. The standard InChI is InChI=1S/C46H33N/c1-4-12-34(13-5-1)35-20-22-36(23-21-35)37-24-29-42(30-25-37)47(41-17-8-3-9-18-41)43-31-26-39(27-32-43)45-33-28-38-14-10-11-19-44(38)46(45)40-15-6-2-7-16-40/h1-33H/i24D,25D,29D,30D. The second kappa shape index (κ2) is 12.7. The van der Waals surface area contributed by atoms with Gasteiger partial charge in [0.25, 0.3) is 0 Å². The van der Waals surface area contributed by atoms with Crippen molar-refractivity contribution in [3.63, 3.8) is 0 Å². The van der Waals surface area contributed by atoms with E-state index in [1.165, 1.54) is 10.8 Å². The van der Waals surface area contributed by atoms with Crippen LogP contribution >= 0.6 is 0 Å². The first-order chi connectivity index (χ1) is 25.0. The quantitative estimate of drug-likeness (QED) is 0.175. The van der Waals surface area contributed by atoms with Gasteiger partial charge in [0.1, 0.15) is 0 Å². The fourth-order valence-corrected chi connectivity index (χ4v) is 6.22. The largest absolute Gasteiger partial charge is 0.311 e. The third-order valence-electron chi connectivity index (χ3n) is 8.56. The van der Waals surface area contributed by atoms with E-state index >= 15 is 0 Å². The lowest BCUT2D eigenvalue weighted by atomic mass is 9.90. The third-order valence-corrected chi connectivity index (χ3v) is 8.56. The van der Waals surface area contributed by atoms with Crippen molar-refractivity contribution in [2.75, 3.05) is 4.90 Å². The van der Waals surface area contributed by atoms with E-state index in [0.29, 0.717) is 5.56 Å². The minimum absolute atomic E-state index is 0.0836. The van der Waals surface area contributed by atoms with Crippen molar-refractivity contribution in [3.05, 3.63) is 200 Å². The molecule has 0 saturated carbocycles. The Bertz CT molecular complexity index is 2450. The predicted molar refractivity (Wildman–Crippen MR) is 200 cm³/mol. The molecule has 0 aromatic heterocycles. The summed E-state index contributed by atoms with van der Waals surface area (Å²) >= 11 is 0. The second-order valence-electron chi connectivity index (χ2n) is 11.5. The van der Waals surface area contributed by atoms with Crippen LogP contribution in [0.25, 0.3) is 55.3 Å². The molecule has 0 aliphatic carbocycles. The smallest absolute Gasteiger partial charge is 0.0645 e. The highest BCUT2D eigenvalue weighted by atomic mass is 15.1. The van der Waals surface area contributed by atoms with Crippen molar-refractivity contribution in [2.24, 2.45) is 0 Å². The highest BCUT2D eigenvalue weighted by Gasteiger charge is 2.15. The lowest BCUT2D eigenvalue weighted by Gasteiger charge is -2.26. The molecule has 8 aromatic carbocycles. The van der Waals surface area contributed by atoms with Gasteiger partial charge >= 0.3 is 0 Å². The van der Waals surface area contributed by atoms with Crippen molar-refractivity contribution >= 4 is 27.8 Å². The molecule has 0 saturated heterocycles. The Morgan fingerprint density at radius 1 is 0.319 bits per heavy atom. The molecule has 0 fully saturated rings. The van der Waals surface area contributed by atoms with Crippen molar-refractivity contribution < 1.29 is 5.48 Å². The van der Waals surface area contributed by atoms with E-state index in [4.69, 9.17) is 2.74 Å². The average molecular weight is 604 g/mol. The summed E-state index contributed by atoms with van der Waals surface area (Å²) in [6.45, 7) is 0. The molecular formula is C46H33N. The molecule has 47 heavy (non-hydrogen) atoms. The van der Waals surface area contributed by atoms with E-state index in [0.717, 1.165) is 44.8 Å². The molecule has 0 heterocycles. The number of rotatable bonds is 7. The van der Waals surface area contributed by atoms with Crippen LogP contribution in [0, 0.1) is 0 Å². The van der Waals surface area contributed by atoms with E-state index in [1.54, 1.807) is 0 Å². The molecule has 1 heteroatoms. The van der Waals surface area contributed by atoms with Crippen molar-refractivity contribution in [1.82, 2.24) is 0 Å². The first-order valence-corrected chi connectivity index (χ1v) is 15.8. The van der Waals surface area contributed by atoms with Gasteiger partial charge in [-0.05, 0) is 91.6 Å². The third kappa shape index (κ3) is 5.72. The van der Waals surface area contributed by atoms with Crippen LogP contribution in [-0.2, 0) is 0 Å². The van der Waals surface area contributed by atoms with Crippen LogP contribution in [0.5, 0.6) is 0 Å². The molecule has 0 radical (unpaired) electrons. The zero-order valence-corrected chi connectivity index (χ0v) is 25.7. The van der Waals surface area contributed by atoms with Gasteiger partial charge in [0.05, 0.1) is 5.48 Å². The molecule has 0 N–H and O–H groups in total.